The second kappa shape index (κ2) is 4.59. The molecule has 0 atom stereocenters. The number of H-pyrrole nitrogens is 1. The summed E-state index contributed by atoms with van der Waals surface area (Å²) in [7, 11) is -3.43. The van der Waals surface area contributed by atoms with Gasteiger partial charge in [0.25, 0.3) is 0 Å². The molecule has 0 aliphatic rings. The summed E-state index contributed by atoms with van der Waals surface area (Å²) in [5.41, 5.74) is 0.553. The minimum absolute atomic E-state index is 0.228. The Balaban J connectivity index is 3.11. The van der Waals surface area contributed by atoms with Crippen LogP contribution in [0.15, 0.2) is 23.7 Å². The Morgan fingerprint density at radius 2 is 2.33 bits per heavy atom. The lowest BCUT2D eigenvalue weighted by Gasteiger charge is -2.17. The van der Waals surface area contributed by atoms with Gasteiger partial charge in [0, 0.05) is 13.1 Å². The fraction of sp³-hybridized carbons (Fsp3) is 0.444. The number of hydrogen-bond donors (Lipinski definition) is 1. The lowest BCUT2D eigenvalue weighted by molar-refractivity contribution is 0.459. The second-order valence-corrected chi connectivity index (χ2v) is 5.01. The van der Waals surface area contributed by atoms with Crippen molar-refractivity contribution in [2.45, 2.75) is 18.7 Å². The van der Waals surface area contributed by atoms with Crippen molar-refractivity contribution in [1.29, 1.82) is 0 Å². The van der Waals surface area contributed by atoms with Crippen LogP contribution in [0, 0.1) is 6.92 Å². The highest BCUT2D eigenvalue weighted by molar-refractivity contribution is 7.89. The van der Waals surface area contributed by atoms with Crippen LogP contribution in [0.4, 0.5) is 0 Å². The molecule has 0 radical (unpaired) electrons. The zero-order valence-electron chi connectivity index (χ0n) is 8.90. The van der Waals surface area contributed by atoms with Crippen molar-refractivity contribution in [2.24, 2.45) is 0 Å². The van der Waals surface area contributed by atoms with Crippen molar-refractivity contribution in [2.75, 3.05) is 13.1 Å². The van der Waals surface area contributed by atoms with Crippen molar-refractivity contribution in [3.63, 3.8) is 0 Å². The highest BCUT2D eigenvalue weighted by atomic mass is 32.2. The molecular weight excluding hydrogens is 214 g/mol. The van der Waals surface area contributed by atoms with Gasteiger partial charge in [0.2, 0.25) is 10.0 Å². The van der Waals surface area contributed by atoms with Crippen LogP contribution in [-0.2, 0) is 10.0 Å². The molecule has 0 amide bonds. The molecule has 84 valence electrons. The van der Waals surface area contributed by atoms with Crippen LogP contribution < -0.4 is 0 Å². The van der Waals surface area contributed by atoms with Crippen LogP contribution in [0.25, 0.3) is 0 Å². The van der Waals surface area contributed by atoms with E-state index in [1.807, 2.05) is 0 Å². The maximum atomic E-state index is 12.1. The van der Waals surface area contributed by atoms with Crippen molar-refractivity contribution < 1.29 is 8.42 Å². The van der Waals surface area contributed by atoms with E-state index in [2.05, 4.69) is 16.8 Å². The van der Waals surface area contributed by atoms with Crippen molar-refractivity contribution in [3.8, 4) is 0 Å². The van der Waals surface area contributed by atoms with Gasteiger partial charge in [-0.25, -0.2) is 8.42 Å². The molecule has 15 heavy (non-hydrogen) atoms. The Morgan fingerprint density at radius 3 is 2.73 bits per heavy atom. The van der Waals surface area contributed by atoms with Crippen LogP contribution in [-0.4, -0.2) is 36.0 Å². The lowest BCUT2D eigenvalue weighted by Crippen LogP contribution is -2.31. The molecule has 0 spiro atoms. The molecule has 1 aromatic rings. The van der Waals surface area contributed by atoms with Crippen LogP contribution in [0.1, 0.15) is 12.6 Å². The molecule has 1 heterocycles. The van der Waals surface area contributed by atoms with Crippen LogP contribution in [0.2, 0.25) is 0 Å². The summed E-state index contributed by atoms with van der Waals surface area (Å²) in [5, 5.41) is 6.32. The van der Waals surface area contributed by atoms with E-state index in [1.165, 1.54) is 10.5 Å². The van der Waals surface area contributed by atoms with Gasteiger partial charge in [0.05, 0.1) is 11.9 Å². The lowest BCUT2D eigenvalue weighted by atomic mass is 10.5. The van der Waals surface area contributed by atoms with Crippen molar-refractivity contribution in [3.05, 3.63) is 24.5 Å². The summed E-state index contributed by atoms with van der Waals surface area (Å²) in [6, 6.07) is 0. The Labute approximate surface area is 89.8 Å². The number of nitrogens with one attached hydrogen (secondary N) is 1. The first-order valence-corrected chi connectivity index (χ1v) is 6.09. The number of nitrogens with zero attached hydrogens (tertiary/aromatic N) is 2. The largest absolute Gasteiger partial charge is 0.281 e. The third kappa shape index (κ3) is 2.27. The Morgan fingerprint density at radius 1 is 1.67 bits per heavy atom. The molecule has 0 aromatic carbocycles. The number of aromatic amines is 1. The van der Waals surface area contributed by atoms with Gasteiger partial charge in [0.15, 0.2) is 0 Å². The van der Waals surface area contributed by atoms with E-state index in [0.29, 0.717) is 18.8 Å². The van der Waals surface area contributed by atoms with E-state index in [9.17, 15) is 8.42 Å². The molecule has 0 aliphatic carbocycles. The zero-order chi connectivity index (χ0) is 11.5. The molecule has 0 fully saturated rings. The molecule has 0 unspecified atom stereocenters. The Hall–Kier alpha value is -1.14. The molecule has 0 aliphatic heterocycles. The summed E-state index contributed by atoms with van der Waals surface area (Å²) in [4.78, 5) is 0.228. The summed E-state index contributed by atoms with van der Waals surface area (Å²) >= 11 is 0. The van der Waals surface area contributed by atoms with Gasteiger partial charge < -0.3 is 0 Å². The normalized spacial score (nSPS) is 11.9. The summed E-state index contributed by atoms with van der Waals surface area (Å²) in [6.07, 6.45) is 2.90. The smallest absolute Gasteiger partial charge is 0.246 e. The van der Waals surface area contributed by atoms with Crippen molar-refractivity contribution >= 4 is 10.0 Å². The average Bonchev–Trinajstić information content (AvgIpc) is 2.61. The number of aryl methyl sites for hydroxylation is 1. The third-order valence-corrected chi connectivity index (χ3v) is 4.14. The minimum atomic E-state index is -3.43. The van der Waals surface area contributed by atoms with E-state index in [4.69, 9.17) is 0 Å². The Bertz CT molecular complexity index is 436. The first-order chi connectivity index (χ1) is 7.04. The second-order valence-electron chi connectivity index (χ2n) is 3.10. The molecule has 1 N–H and O–H groups in total. The topological polar surface area (TPSA) is 66.1 Å². The number of likely N-dealkylation sites (N-methyl/N-ethyl adjacent to an activating group) is 1. The third-order valence-electron chi connectivity index (χ3n) is 2.09. The van der Waals surface area contributed by atoms with E-state index in [1.54, 1.807) is 19.9 Å². The first-order valence-electron chi connectivity index (χ1n) is 4.65. The molecule has 6 heteroatoms. The molecule has 0 saturated carbocycles. The van der Waals surface area contributed by atoms with Gasteiger partial charge in [-0.15, -0.1) is 6.58 Å². The van der Waals surface area contributed by atoms with Crippen LogP contribution >= 0.6 is 0 Å². The van der Waals surface area contributed by atoms with E-state index >= 15 is 0 Å². The number of aromatic nitrogens is 2. The van der Waals surface area contributed by atoms with Gasteiger partial charge in [0.1, 0.15) is 4.90 Å². The van der Waals surface area contributed by atoms with Crippen LogP contribution in [0.3, 0.4) is 0 Å². The molecule has 0 saturated heterocycles. The average molecular weight is 229 g/mol. The van der Waals surface area contributed by atoms with E-state index in [0.717, 1.165) is 0 Å². The monoisotopic (exact) mass is 229 g/mol. The van der Waals surface area contributed by atoms with E-state index in [-0.39, 0.29) is 4.90 Å². The summed E-state index contributed by atoms with van der Waals surface area (Å²) < 4.78 is 25.5. The molecule has 1 aromatic heterocycles. The quantitative estimate of drug-likeness (QED) is 0.763. The van der Waals surface area contributed by atoms with Gasteiger partial charge in [-0.3, -0.25) is 5.10 Å². The SMILES string of the molecule is C=CCN(CC)S(=O)(=O)c1cn[nH]c1C. The summed E-state index contributed by atoms with van der Waals surface area (Å²) in [6.45, 7) is 7.73. The number of rotatable bonds is 5. The maximum Gasteiger partial charge on any atom is 0.246 e. The van der Waals surface area contributed by atoms with Gasteiger partial charge >= 0.3 is 0 Å². The molecule has 1 rings (SSSR count). The zero-order valence-corrected chi connectivity index (χ0v) is 9.71. The number of hydrogen-bond acceptors (Lipinski definition) is 3. The fourth-order valence-corrected chi connectivity index (χ4v) is 2.82. The Kier molecular flexibility index (Phi) is 3.65. The van der Waals surface area contributed by atoms with Crippen molar-refractivity contribution in [1.82, 2.24) is 14.5 Å². The molecule has 0 bridgehead atoms. The van der Waals surface area contributed by atoms with Gasteiger partial charge in [-0.2, -0.15) is 9.40 Å². The highest BCUT2D eigenvalue weighted by Crippen LogP contribution is 2.16. The van der Waals surface area contributed by atoms with Gasteiger partial charge in [-0.1, -0.05) is 13.0 Å². The van der Waals surface area contributed by atoms with Gasteiger partial charge in [-0.05, 0) is 6.92 Å². The van der Waals surface area contributed by atoms with Crippen LogP contribution in [0.5, 0.6) is 0 Å². The highest BCUT2D eigenvalue weighted by Gasteiger charge is 2.24. The standard InChI is InChI=1S/C9H15N3O2S/c1-4-6-12(5-2)15(13,14)9-7-10-11-8(9)3/h4,7H,1,5-6H2,2-3H3,(H,10,11). The van der Waals surface area contributed by atoms with E-state index < -0.39 is 10.0 Å². The summed E-state index contributed by atoms with van der Waals surface area (Å²) in [5.74, 6) is 0. The minimum Gasteiger partial charge on any atom is -0.281 e. The molecule has 5 nitrogen and oxygen atoms in total. The predicted octanol–water partition coefficient (Wildman–Crippen LogP) is 0.915. The maximum absolute atomic E-state index is 12.1. The number of sulfonamides is 1. The first kappa shape index (κ1) is 11.9. The fourth-order valence-electron chi connectivity index (χ4n) is 1.28. The molecular formula is C9H15N3O2S. The predicted molar refractivity (Wildman–Crippen MR) is 58.0 cm³/mol.